The van der Waals surface area contributed by atoms with Crippen molar-refractivity contribution in [1.82, 2.24) is 19.1 Å². The lowest BCUT2D eigenvalue weighted by Gasteiger charge is -2.16. The lowest BCUT2D eigenvalue weighted by atomic mass is 9.91. The van der Waals surface area contributed by atoms with Gasteiger partial charge in [-0.15, -0.1) is 0 Å². The molecule has 4 nitrogen and oxygen atoms in total. The van der Waals surface area contributed by atoms with Crippen molar-refractivity contribution in [3.63, 3.8) is 0 Å². The van der Waals surface area contributed by atoms with Gasteiger partial charge in [0.2, 0.25) is 0 Å². The number of para-hydroxylation sites is 5. The monoisotopic (exact) mass is 660 g/mol. The maximum atomic E-state index is 5.51. The van der Waals surface area contributed by atoms with E-state index in [1.165, 1.54) is 65.9 Å². The number of fused-ring (bicyclic) bond motifs is 14. The molecule has 0 radical (unpaired) electrons. The van der Waals surface area contributed by atoms with E-state index in [9.17, 15) is 0 Å². The Morgan fingerprint density at radius 3 is 1.83 bits per heavy atom. The summed E-state index contributed by atoms with van der Waals surface area (Å²) in [7, 11) is 0. The summed E-state index contributed by atoms with van der Waals surface area (Å²) in [5, 5.41) is 7.17. The highest BCUT2D eigenvalue weighted by atomic mass is 15.1. The van der Waals surface area contributed by atoms with Crippen molar-refractivity contribution >= 4 is 65.4 Å². The summed E-state index contributed by atoms with van der Waals surface area (Å²) in [6.07, 6.45) is 0. The maximum absolute atomic E-state index is 5.51. The molecule has 0 fully saturated rings. The Labute approximate surface area is 298 Å². The first-order valence-corrected chi connectivity index (χ1v) is 17.8. The Morgan fingerprint density at radius 2 is 0.981 bits per heavy atom. The van der Waals surface area contributed by atoms with Crippen LogP contribution in [0, 0.1) is 0 Å². The highest BCUT2D eigenvalue weighted by Crippen LogP contribution is 2.52. The quantitative estimate of drug-likeness (QED) is 0.185. The molecule has 52 heavy (non-hydrogen) atoms. The van der Waals surface area contributed by atoms with Gasteiger partial charge in [-0.25, -0.2) is 9.97 Å². The molecule has 0 aliphatic carbocycles. The molecule has 12 rings (SSSR count). The summed E-state index contributed by atoms with van der Waals surface area (Å²) in [5.41, 5.74) is 14.4. The van der Waals surface area contributed by atoms with Crippen LogP contribution in [0.15, 0.2) is 170 Å². The molecule has 11 aromatic rings. The van der Waals surface area contributed by atoms with E-state index in [-0.39, 0.29) is 0 Å². The summed E-state index contributed by atoms with van der Waals surface area (Å²) in [6.45, 7) is 0. The minimum atomic E-state index is 0.821. The molecular formula is C48H28N4. The zero-order valence-corrected chi connectivity index (χ0v) is 28.0. The molecule has 0 saturated carbocycles. The van der Waals surface area contributed by atoms with Crippen molar-refractivity contribution in [1.29, 1.82) is 0 Å². The first-order valence-electron chi connectivity index (χ1n) is 17.8. The van der Waals surface area contributed by atoms with Gasteiger partial charge in [0.1, 0.15) is 5.69 Å². The number of nitrogens with zero attached hydrogens (tertiary/aromatic N) is 4. The Bertz CT molecular complexity index is 3300. The molecule has 0 amide bonds. The van der Waals surface area contributed by atoms with Crippen molar-refractivity contribution in [2.24, 2.45) is 0 Å². The minimum absolute atomic E-state index is 0.821. The van der Waals surface area contributed by atoms with Crippen LogP contribution in [0.1, 0.15) is 0 Å². The molecule has 4 heteroatoms. The highest BCUT2D eigenvalue weighted by molar-refractivity contribution is 6.28. The molecule has 0 saturated heterocycles. The standard InChI is InChI=1S/C48H28N4/c1-2-16-30-29(14-1)15-13-22-35(30)46-48(50-39-24-9-8-23-38(39)49-46)52-42-27-12-7-21-36(42)44-43(52)28-37-33-19-6-11-26-41(33)51-40-25-10-5-18-32(40)31-17-3-4-20-34(31)45(44)47(37)51/h1-28H. The van der Waals surface area contributed by atoms with Crippen molar-refractivity contribution in [3.8, 4) is 45.0 Å². The fourth-order valence-corrected chi connectivity index (χ4v) is 8.90. The third-order valence-electron chi connectivity index (χ3n) is 11.0. The second kappa shape index (κ2) is 10.3. The van der Waals surface area contributed by atoms with Crippen LogP contribution in [-0.4, -0.2) is 19.1 Å². The molecule has 0 N–H and O–H groups in total. The third-order valence-corrected chi connectivity index (χ3v) is 11.0. The fourth-order valence-electron chi connectivity index (χ4n) is 8.90. The van der Waals surface area contributed by atoms with Crippen LogP contribution in [-0.2, 0) is 0 Å². The Morgan fingerprint density at radius 1 is 0.385 bits per heavy atom. The lowest BCUT2D eigenvalue weighted by Crippen LogP contribution is -2.04. The molecule has 0 atom stereocenters. The predicted molar refractivity (Wildman–Crippen MR) is 216 cm³/mol. The number of benzene rings is 8. The zero-order valence-electron chi connectivity index (χ0n) is 28.0. The average Bonchev–Trinajstić information content (AvgIpc) is 3.67. The van der Waals surface area contributed by atoms with E-state index < -0.39 is 0 Å². The largest absolute Gasteiger partial charge is 0.308 e. The van der Waals surface area contributed by atoms with Gasteiger partial charge < -0.3 is 4.57 Å². The second-order valence-corrected chi connectivity index (χ2v) is 13.7. The van der Waals surface area contributed by atoms with Gasteiger partial charge in [-0.05, 0) is 58.3 Å². The molecular weight excluding hydrogens is 633 g/mol. The molecule has 8 aromatic carbocycles. The summed E-state index contributed by atoms with van der Waals surface area (Å²) < 4.78 is 4.88. The number of aromatic nitrogens is 4. The maximum Gasteiger partial charge on any atom is 0.165 e. The first-order chi connectivity index (χ1) is 25.8. The Hall–Kier alpha value is -7.04. The number of rotatable bonds is 2. The summed E-state index contributed by atoms with van der Waals surface area (Å²) in [6, 6.07) is 61.1. The van der Waals surface area contributed by atoms with Gasteiger partial charge in [-0.3, -0.25) is 4.57 Å². The first kappa shape index (κ1) is 27.7. The van der Waals surface area contributed by atoms with Gasteiger partial charge >= 0.3 is 0 Å². The minimum Gasteiger partial charge on any atom is -0.308 e. The van der Waals surface area contributed by atoms with E-state index >= 15 is 0 Å². The summed E-state index contributed by atoms with van der Waals surface area (Å²) >= 11 is 0. The van der Waals surface area contributed by atoms with Crippen molar-refractivity contribution in [2.45, 2.75) is 0 Å². The molecule has 0 spiro atoms. The van der Waals surface area contributed by atoms with E-state index in [1.54, 1.807) is 0 Å². The Kier molecular flexibility index (Phi) is 5.47. The predicted octanol–water partition coefficient (Wildman–Crippen LogP) is 12.3. The molecule has 1 aliphatic heterocycles. The highest BCUT2D eigenvalue weighted by Gasteiger charge is 2.29. The fraction of sp³-hybridized carbons (Fsp3) is 0. The van der Waals surface area contributed by atoms with E-state index in [0.717, 1.165) is 44.5 Å². The topological polar surface area (TPSA) is 35.6 Å². The average molecular weight is 661 g/mol. The van der Waals surface area contributed by atoms with Crippen LogP contribution < -0.4 is 0 Å². The van der Waals surface area contributed by atoms with Gasteiger partial charge in [0, 0.05) is 38.2 Å². The third kappa shape index (κ3) is 3.60. The normalized spacial score (nSPS) is 12.2. The summed E-state index contributed by atoms with van der Waals surface area (Å²) in [4.78, 5) is 10.9. The molecule has 3 aromatic heterocycles. The van der Waals surface area contributed by atoms with Gasteiger partial charge in [0.25, 0.3) is 0 Å². The second-order valence-electron chi connectivity index (χ2n) is 13.7. The molecule has 4 heterocycles. The van der Waals surface area contributed by atoms with Crippen LogP contribution in [0.5, 0.6) is 0 Å². The van der Waals surface area contributed by atoms with Gasteiger partial charge in [-0.2, -0.15) is 0 Å². The van der Waals surface area contributed by atoms with Crippen molar-refractivity contribution in [2.75, 3.05) is 0 Å². The van der Waals surface area contributed by atoms with E-state index in [2.05, 4.69) is 167 Å². The van der Waals surface area contributed by atoms with Crippen molar-refractivity contribution in [3.05, 3.63) is 170 Å². The summed E-state index contributed by atoms with van der Waals surface area (Å²) in [5.74, 6) is 0.821. The van der Waals surface area contributed by atoms with Crippen LogP contribution in [0.2, 0.25) is 0 Å². The van der Waals surface area contributed by atoms with E-state index in [4.69, 9.17) is 9.97 Å². The van der Waals surface area contributed by atoms with E-state index in [0.29, 0.717) is 0 Å². The van der Waals surface area contributed by atoms with Crippen LogP contribution in [0.4, 0.5) is 0 Å². The van der Waals surface area contributed by atoms with Gasteiger partial charge in [0.15, 0.2) is 5.82 Å². The van der Waals surface area contributed by atoms with Crippen molar-refractivity contribution < 1.29 is 0 Å². The van der Waals surface area contributed by atoms with Crippen LogP contribution >= 0.6 is 0 Å². The van der Waals surface area contributed by atoms with Crippen LogP contribution in [0.25, 0.3) is 110 Å². The molecule has 240 valence electrons. The number of hydrogen-bond acceptors (Lipinski definition) is 2. The SMILES string of the molecule is c1ccc2c(c1)-c1ccccc1-n1c3ccccc3c3cc4c(c-2c31)c1ccccc1n4-c1nc2ccccc2nc1-c1cccc2ccccc12. The molecule has 0 bridgehead atoms. The molecule has 0 unspecified atom stereocenters. The van der Waals surface area contributed by atoms with Gasteiger partial charge in [-0.1, -0.05) is 133 Å². The molecule has 1 aliphatic rings. The number of hydrogen-bond donors (Lipinski definition) is 0. The van der Waals surface area contributed by atoms with Crippen LogP contribution in [0.3, 0.4) is 0 Å². The smallest absolute Gasteiger partial charge is 0.165 e. The van der Waals surface area contributed by atoms with E-state index in [1.807, 2.05) is 12.1 Å². The zero-order chi connectivity index (χ0) is 33.9. The van der Waals surface area contributed by atoms with Gasteiger partial charge in [0.05, 0.1) is 38.8 Å². The Balaban J connectivity index is 1.33. The lowest BCUT2D eigenvalue weighted by molar-refractivity contribution is 1.08.